The van der Waals surface area contributed by atoms with Gasteiger partial charge in [-0.15, -0.1) is 0 Å². The van der Waals surface area contributed by atoms with E-state index in [0.717, 1.165) is 11.3 Å². The summed E-state index contributed by atoms with van der Waals surface area (Å²) in [7, 11) is 1.59. The molecule has 0 spiro atoms. The first-order chi connectivity index (χ1) is 8.13. The highest BCUT2D eigenvalue weighted by molar-refractivity contribution is 9.10. The number of aromatic nitrogens is 2. The molecule has 5 nitrogen and oxygen atoms in total. The fourth-order valence-electron chi connectivity index (χ4n) is 1.41. The van der Waals surface area contributed by atoms with Crippen LogP contribution < -0.4 is 4.74 Å². The first-order valence-corrected chi connectivity index (χ1v) is 5.54. The number of carboxylic acid groups (broad SMARTS) is 1. The van der Waals surface area contributed by atoms with E-state index in [9.17, 15) is 4.79 Å². The Morgan fingerprint density at radius 1 is 1.41 bits per heavy atom. The zero-order valence-corrected chi connectivity index (χ0v) is 10.5. The minimum atomic E-state index is -1.05. The van der Waals surface area contributed by atoms with Crippen LogP contribution in [-0.2, 0) is 0 Å². The van der Waals surface area contributed by atoms with E-state index in [2.05, 4.69) is 26.1 Å². The van der Waals surface area contributed by atoms with Crippen LogP contribution in [0.4, 0.5) is 0 Å². The monoisotopic (exact) mass is 296 g/mol. The number of nitrogens with zero attached hydrogens (tertiary/aromatic N) is 1. The molecule has 0 saturated heterocycles. The van der Waals surface area contributed by atoms with Crippen molar-refractivity contribution >= 4 is 21.9 Å². The van der Waals surface area contributed by atoms with Gasteiger partial charge in [0.15, 0.2) is 5.69 Å². The highest BCUT2D eigenvalue weighted by Gasteiger charge is 2.17. The van der Waals surface area contributed by atoms with Crippen molar-refractivity contribution in [3.63, 3.8) is 0 Å². The molecule has 17 heavy (non-hydrogen) atoms. The number of nitrogens with one attached hydrogen (secondary N) is 1. The molecule has 2 N–H and O–H groups in total. The summed E-state index contributed by atoms with van der Waals surface area (Å²) in [6.45, 7) is 0. The Morgan fingerprint density at radius 2 is 2.06 bits per heavy atom. The second-order valence-electron chi connectivity index (χ2n) is 3.29. The predicted molar refractivity (Wildman–Crippen MR) is 65.2 cm³/mol. The lowest BCUT2D eigenvalue weighted by atomic mass is 10.1. The average molecular weight is 297 g/mol. The Hall–Kier alpha value is -1.82. The van der Waals surface area contributed by atoms with Gasteiger partial charge >= 0.3 is 5.97 Å². The van der Waals surface area contributed by atoms with Crippen molar-refractivity contribution in [1.29, 1.82) is 0 Å². The predicted octanol–water partition coefficient (Wildman–Crippen LogP) is 2.55. The van der Waals surface area contributed by atoms with Gasteiger partial charge in [-0.2, -0.15) is 5.10 Å². The van der Waals surface area contributed by atoms with Crippen LogP contribution in [0.3, 0.4) is 0 Å². The van der Waals surface area contributed by atoms with Crippen molar-refractivity contribution in [1.82, 2.24) is 10.2 Å². The van der Waals surface area contributed by atoms with E-state index in [1.54, 1.807) is 19.2 Å². The number of hydrogen-bond donors (Lipinski definition) is 2. The highest BCUT2D eigenvalue weighted by Crippen LogP contribution is 2.29. The summed E-state index contributed by atoms with van der Waals surface area (Å²) in [6.07, 6.45) is 0. The van der Waals surface area contributed by atoms with Crippen molar-refractivity contribution in [3.8, 4) is 17.0 Å². The lowest BCUT2D eigenvalue weighted by Gasteiger charge is -2.01. The Morgan fingerprint density at radius 3 is 2.53 bits per heavy atom. The fraction of sp³-hybridized carbons (Fsp3) is 0.0909. The summed E-state index contributed by atoms with van der Waals surface area (Å²) in [6, 6.07) is 7.20. The molecule has 6 heteroatoms. The molecule has 0 aliphatic rings. The Labute approximate surface area is 106 Å². The summed E-state index contributed by atoms with van der Waals surface area (Å²) >= 11 is 3.22. The van der Waals surface area contributed by atoms with E-state index < -0.39 is 5.97 Å². The number of halogens is 1. The second kappa shape index (κ2) is 4.58. The smallest absolute Gasteiger partial charge is 0.355 e. The molecule has 2 rings (SSSR count). The number of carboxylic acids is 1. The number of ether oxygens (including phenoxy) is 1. The summed E-state index contributed by atoms with van der Waals surface area (Å²) in [4.78, 5) is 10.8. The Bertz CT molecular complexity index is 548. The number of carbonyl (C=O) groups is 1. The van der Waals surface area contributed by atoms with Gasteiger partial charge in [0.05, 0.1) is 11.6 Å². The van der Waals surface area contributed by atoms with Crippen LogP contribution in [0.5, 0.6) is 5.75 Å². The molecule has 1 heterocycles. The minimum Gasteiger partial charge on any atom is -0.497 e. The molecule has 1 aromatic heterocycles. The molecular weight excluding hydrogens is 288 g/mol. The number of H-pyrrole nitrogens is 1. The van der Waals surface area contributed by atoms with Crippen LogP contribution in [0.2, 0.25) is 0 Å². The van der Waals surface area contributed by atoms with Crippen LogP contribution in [0.15, 0.2) is 28.7 Å². The Kier molecular flexibility index (Phi) is 3.14. The fourth-order valence-corrected chi connectivity index (χ4v) is 1.99. The molecule has 0 amide bonds. The van der Waals surface area contributed by atoms with Gasteiger partial charge in [-0.25, -0.2) is 4.79 Å². The quantitative estimate of drug-likeness (QED) is 0.913. The zero-order chi connectivity index (χ0) is 12.4. The highest BCUT2D eigenvalue weighted by atomic mass is 79.9. The summed E-state index contributed by atoms with van der Waals surface area (Å²) in [5.74, 6) is -0.317. The molecule has 1 aromatic carbocycles. The molecule has 0 bridgehead atoms. The third-order valence-electron chi connectivity index (χ3n) is 2.28. The minimum absolute atomic E-state index is 0.0378. The lowest BCUT2D eigenvalue weighted by Crippen LogP contribution is -1.96. The number of aromatic amines is 1. The van der Waals surface area contributed by atoms with Gasteiger partial charge in [-0.1, -0.05) is 0 Å². The molecule has 88 valence electrons. The molecule has 2 aromatic rings. The van der Waals surface area contributed by atoms with Crippen LogP contribution in [0, 0.1) is 0 Å². The zero-order valence-electron chi connectivity index (χ0n) is 8.90. The third-order valence-corrected chi connectivity index (χ3v) is 3.06. The number of aromatic carboxylic acids is 1. The Balaban J connectivity index is 2.42. The van der Waals surface area contributed by atoms with Crippen LogP contribution in [0.1, 0.15) is 10.5 Å². The van der Waals surface area contributed by atoms with Crippen LogP contribution in [0.25, 0.3) is 11.3 Å². The average Bonchev–Trinajstić information content (AvgIpc) is 2.71. The maximum absolute atomic E-state index is 10.8. The van der Waals surface area contributed by atoms with Gasteiger partial charge in [0.25, 0.3) is 0 Å². The summed E-state index contributed by atoms with van der Waals surface area (Å²) in [5, 5.41) is 15.3. The molecule has 0 atom stereocenters. The summed E-state index contributed by atoms with van der Waals surface area (Å²) in [5.41, 5.74) is 1.40. The number of rotatable bonds is 3. The summed E-state index contributed by atoms with van der Waals surface area (Å²) < 4.78 is 5.48. The molecule has 0 fully saturated rings. The van der Waals surface area contributed by atoms with Crippen molar-refractivity contribution in [3.05, 3.63) is 34.4 Å². The van der Waals surface area contributed by atoms with Gasteiger partial charge < -0.3 is 9.84 Å². The SMILES string of the molecule is COc1ccc(-c2n[nH]c(C(=O)O)c2Br)cc1. The second-order valence-corrected chi connectivity index (χ2v) is 4.09. The first-order valence-electron chi connectivity index (χ1n) is 4.75. The molecular formula is C11H9BrN2O3. The standard InChI is InChI=1S/C11H9BrN2O3/c1-17-7-4-2-6(3-5-7)9-8(12)10(11(15)16)14-13-9/h2-5H,1H3,(H,13,14)(H,15,16). The molecule has 0 aliphatic heterocycles. The van der Waals surface area contributed by atoms with Crippen molar-refractivity contribution < 1.29 is 14.6 Å². The number of hydrogen-bond acceptors (Lipinski definition) is 3. The van der Waals surface area contributed by atoms with Gasteiger partial charge in [0.2, 0.25) is 0 Å². The molecule has 0 aliphatic carbocycles. The van der Waals surface area contributed by atoms with E-state index >= 15 is 0 Å². The van der Waals surface area contributed by atoms with E-state index in [1.165, 1.54) is 0 Å². The lowest BCUT2D eigenvalue weighted by molar-refractivity contribution is 0.0689. The van der Waals surface area contributed by atoms with Crippen LogP contribution in [-0.4, -0.2) is 28.4 Å². The number of benzene rings is 1. The number of methoxy groups -OCH3 is 1. The topological polar surface area (TPSA) is 75.2 Å². The first kappa shape index (κ1) is 11.7. The van der Waals surface area contributed by atoms with Crippen molar-refractivity contribution in [2.45, 2.75) is 0 Å². The maximum atomic E-state index is 10.8. The van der Waals surface area contributed by atoms with Crippen molar-refractivity contribution in [2.24, 2.45) is 0 Å². The van der Waals surface area contributed by atoms with Gasteiger partial charge in [-0.05, 0) is 40.2 Å². The van der Waals surface area contributed by atoms with Gasteiger partial charge in [0.1, 0.15) is 11.4 Å². The van der Waals surface area contributed by atoms with E-state index in [0.29, 0.717) is 10.2 Å². The van der Waals surface area contributed by atoms with Crippen molar-refractivity contribution in [2.75, 3.05) is 7.11 Å². The van der Waals surface area contributed by atoms with E-state index in [4.69, 9.17) is 9.84 Å². The molecule has 0 radical (unpaired) electrons. The maximum Gasteiger partial charge on any atom is 0.355 e. The third kappa shape index (κ3) is 2.16. The van der Waals surface area contributed by atoms with Gasteiger partial charge in [0, 0.05) is 5.56 Å². The molecule has 0 unspecified atom stereocenters. The normalized spacial score (nSPS) is 10.2. The largest absolute Gasteiger partial charge is 0.497 e. The van der Waals surface area contributed by atoms with Crippen LogP contribution >= 0.6 is 15.9 Å². The van der Waals surface area contributed by atoms with E-state index in [1.807, 2.05) is 12.1 Å². The van der Waals surface area contributed by atoms with Gasteiger partial charge in [-0.3, -0.25) is 5.10 Å². The van der Waals surface area contributed by atoms with E-state index in [-0.39, 0.29) is 5.69 Å². The molecule has 0 saturated carbocycles.